The lowest BCUT2D eigenvalue weighted by Crippen LogP contribution is -2.14. The van der Waals surface area contributed by atoms with Gasteiger partial charge in [-0.25, -0.2) is 9.78 Å². The number of rotatable bonds is 6. The van der Waals surface area contributed by atoms with E-state index in [-0.39, 0.29) is 17.9 Å². The Kier molecular flexibility index (Phi) is 5.70. The third-order valence-electron chi connectivity index (χ3n) is 2.80. The molecule has 23 heavy (non-hydrogen) atoms. The molecule has 0 spiro atoms. The summed E-state index contributed by atoms with van der Waals surface area (Å²) in [4.78, 5) is 28.0. The molecule has 7 heteroatoms. The summed E-state index contributed by atoms with van der Waals surface area (Å²) in [6, 6.07) is 6.79. The maximum atomic E-state index is 12.1. The lowest BCUT2D eigenvalue weighted by atomic mass is 10.2. The predicted octanol–water partition coefficient (Wildman–Crippen LogP) is 3.39. The van der Waals surface area contributed by atoms with Crippen molar-refractivity contribution in [3.63, 3.8) is 0 Å². The number of aromatic nitrogens is 1. The number of hydrogen-bond donors (Lipinski definition) is 2. The Labute approximate surface area is 138 Å². The molecule has 0 atom stereocenters. The number of ether oxygens (including phenoxy) is 1. The van der Waals surface area contributed by atoms with E-state index in [0.29, 0.717) is 28.7 Å². The molecule has 0 unspecified atom stereocenters. The van der Waals surface area contributed by atoms with Crippen LogP contribution in [0.25, 0.3) is 0 Å². The largest absolute Gasteiger partial charge is 0.462 e. The van der Waals surface area contributed by atoms with Gasteiger partial charge >= 0.3 is 5.97 Å². The molecule has 0 saturated heterocycles. The molecule has 0 fully saturated rings. The quantitative estimate of drug-likeness (QED) is 0.792. The average Bonchev–Trinajstić information content (AvgIpc) is 2.96. The van der Waals surface area contributed by atoms with E-state index in [4.69, 9.17) is 4.74 Å². The van der Waals surface area contributed by atoms with E-state index in [9.17, 15) is 9.59 Å². The van der Waals surface area contributed by atoms with Crippen LogP contribution in [0, 0.1) is 0 Å². The first-order valence-electron chi connectivity index (χ1n) is 7.30. The van der Waals surface area contributed by atoms with Gasteiger partial charge in [0.05, 0.1) is 12.2 Å². The summed E-state index contributed by atoms with van der Waals surface area (Å²) in [7, 11) is 0. The van der Waals surface area contributed by atoms with Crippen molar-refractivity contribution in [1.82, 2.24) is 4.98 Å². The minimum absolute atomic E-state index is 0.257. The van der Waals surface area contributed by atoms with Crippen molar-refractivity contribution < 1.29 is 14.3 Å². The molecule has 1 aromatic carbocycles. The van der Waals surface area contributed by atoms with Crippen molar-refractivity contribution >= 4 is 34.0 Å². The van der Waals surface area contributed by atoms with Gasteiger partial charge in [-0.3, -0.25) is 4.79 Å². The fourth-order valence-electron chi connectivity index (χ4n) is 1.79. The van der Waals surface area contributed by atoms with Gasteiger partial charge < -0.3 is 15.4 Å². The van der Waals surface area contributed by atoms with Gasteiger partial charge in [0.2, 0.25) is 0 Å². The molecule has 0 saturated carbocycles. The van der Waals surface area contributed by atoms with Crippen LogP contribution in [0.5, 0.6) is 0 Å². The first-order valence-corrected chi connectivity index (χ1v) is 8.18. The van der Waals surface area contributed by atoms with Crippen LogP contribution in [-0.4, -0.2) is 29.5 Å². The van der Waals surface area contributed by atoms with Crippen molar-refractivity contribution in [2.75, 3.05) is 17.2 Å². The lowest BCUT2D eigenvalue weighted by Gasteiger charge is -2.06. The number of nitrogens with one attached hydrogen (secondary N) is 2. The van der Waals surface area contributed by atoms with Gasteiger partial charge in [-0.15, -0.1) is 11.3 Å². The number of carbonyl (C=O) groups is 2. The molecule has 1 amide bonds. The highest BCUT2D eigenvalue weighted by Gasteiger charge is 2.12. The lowest BCUT2D eigenvalue weighted by molar-refractivity contribution is 0.0526. The molecule has 6 nitrogen and oxygen atoms in total. The number of nitrogens with zero attached hydrogens (tertiary/aromatic N) is 1. The second-order valence-electron chi connectivity index (χ2n) is 5.09. The highest BCUT2D eigenvalue weighted by Crippen LogP contribution is 2.18. The van der Waals surface area contributed by atoms with E-state index in [0.717, 1.165) is 0 Å². The minimum atomic E-state index is -0.380. The van der Waals surface area contributed by atoms with Crippen LogP contribution >= 0.6 is 11.3 Å². The van der Waals surface area contributed by atoms with E-state index < -0.39 is 0 Å². The summed E-state index contributed by atoms with van der Waals surface area (Å²) in [6.45, 7) is 6.09. The molecule has 0 bridgehead atoms. The van der Waals surface area contributed by atoms with Crippen LogP contribution in [0.4, 0.5) is 10.8 Å². The van der Waals surface area contributed by atoms with E-state index in [1.54, 1.807) is 36.6 Å². The standard InChI is InChI=1S/C16H19N3O3S/c1-4-22-15(21)11-5-7-12(8-6-11)18-14(20)13-9-23-16(19-13)17-10(2)3/h5-10H,4H2,1-3H3,(H,17,19)(H,18,20). The summed E-state index contributed by atoms with van der Waals surface area (Å²) < 4.78 is 4.91. The molecule has 2 N–H and O–H groups in total. The van der Waals surface area contributed by atoms with Gasteiger partial charge in [0.1, 0.15) is 5.69 Å². The summed E-state index contributed by atoms with van der Waals surface area (Å²) >= 11 is 1.38. The maximum Gasteiger partial charge on any atom is 0.338 e. The van der Waals surface area contributed by atoms with Crippen LogP contribution in [0.2, 0.25) is 0 Å². The fourth-order valence-corrected chi connectivity index (χ4v) is 2.63. The number of esters is 1. The summed E-state index contributed by atoms with van der Waals surface area (Å²) in [5.74, 6) is -0.670. The van der Waals surface area contributed by atoms with Gasteiger partial charge in [-0.05, 0) is 45.0 Å². The third-order valence-corrected chi connectivity index (χ3v) is 3.58. The highest BCUT2D eigenvalue weighted by molar-refractivity contribution is 7.13. The van der Waals surface area contributed by atoms with Gasteiger partial charge in [0.25, 0.3) is 5.91 Å². The predicted molar refractivity (Wildman–Crippen MR) is 91.2 cm³/mol. The monoisotopic (exact) mass is 333 g/mol. The number of anilines is 2. The van der Waals surface area contributed by atoms with Gasteiger partial charge in [0.15, 0.2) is 5.13 Å². The Morgan fingerprint density at radius 3 is 2.57 bits per heavy atom. The van der Waals surface area contributed by atoms with Crippen LogP contribution in [0.1, 0.15) is 41.6 Å². The van der Waals surface area contributed by atoms with Crippen molar-refractivity contribution in [3.8, 4) is 0 Å². The molecule has 0 aliphatic heterocycles. The number of carbonyl (C=O) groups excluding carboxylic acids is 2. The molecule has 0 radical (unpaired) electrons. The van der Waals surface area contributed by atoms with Crippen LogP contribution in [0.3, 0.4) is 0 Å². The molecular weight excluding hydrogens is 314 g/mol. The number of benzene rings is 1. The average molecular weight is 333 g/mol. The van der Waals surface area contributed by atoms with Crippen molar-refractivity contribution in [1.29, 1.82) is 0 Å². The first kappa shape index (κ1) is 17.0. The Hall–Kier alpha value is -2.41. The second kappa shape index (κ2) is 7.73. The Balaban J connectivity index is 2.00. The fraction of sp³-hybridized carbons (Fsp3) is 0.312. The Bertz CT molecular complexity index is 680. The number of thiazole rings is 1. The zero-order valence-corrected chi connectivity index (χ0v) is 14.1. The summed E-state index contributed by atoms with van der Waals surface area (Å²) in [5, 5.41) is 8.31. The van der Waals surface area contributed by atoms with Crippen LogP contribution in [0.15, 0.2) is 29.6 Å². The molecule has 2 rings (SSSR count). The molecule has 1 aromatic heterocycles. The minimum Gasteiger partial charge on any atom is -0.462 e. The maximum absolute atomic E-state index is 12.1. The van der Waals surface area contributed by atoms with Gasteiger partial charge in [0, 0.05) is 17.1 Å². The number of hydrogen-bond acceptors (Lipinski definition) is 6. The molecule has 122 valence electrons. The Morgan fingerprint density at radius 1 is 1.26 bits per heavy atom. The Morgan fingerprint density at radius 2 is 1.96 bits per heavy atom. The van der Waals surface area contributed by atoms with E-state index in [1.165, 1.54) is 11.3 Å². The van der Waals surface area contributed by atoms with Crippen molar-refractivity contribution in [2.45, 2.75) is 26.8 Å². The summed E-state index contributed by atoms with van der Waals surface area (Å²) in [6.07, 6.45) is 0. The topological polar surface area (TPSA) is 80.3 Å². The number of amides is 1. The molecule has 1 heterocycles. The van der Waals surface area contributed by atoms with Gasteiger partial charge in [-0.2, -0.15) is 0 Å². The molecular formula is C16H19N3O3S. The summed E-state index contributed by atoms with van der Waals surface area (Å²) in [5.41, 5.74) is 1.39. The smallest absolute Gasteiger partial charge is 0.338 e. The second-order valence-corrected chi connectivity index (χ2v) is 5.95. The zero-order valence-electron chi connectivity index (χ0n) is 13.3. The third kappa shape index (κ3) is 4.79. The molecule has 2 aromatic rings. The van der Waals surface area contributed by atoms with Crippen LogP contribution in [-0.2, 0) is 4.74 Å². The molecule has 0 aliphatic rings. The first-order chi connectivity index (χ1) is 11.0. The van der Waals surface area contributed by atoms with Gasteiger partial charge in [-0.1, -0.05) is 0 Å². The zero-order chi connectivity index (χ0) is 16.8. The van der Waals surface area contributed by atoms with E-state index >= 15 is 0 Å². The van der Waals surface area contributed by atoms with Crippen molar-refractivity contribution in [2.24, 2.45) is 0 Å². The van der Waals surface area contributed by atoms with Crippen LogP contribution < -0.4 is 10.6 Å². The molecule has 0 aliphatic carbocycles. The van der Waals surface area contributed by atoms with E-state index in [1.807, 2.05) is 13.8 Å². The van der Waals surface area contributed by atoms with E-state index in [2.05, 4.69) is 15.6 Å². The normalized spacial score (nSPS) is 10.4. The highest BCUT2D eigenvalue weighted by atomic mass is 32.1. The van der Waals surface area contributed by atoms with Crippen molar-refractivity contribution in [3.05, 3.63) is 40.9 Å². The SMILES string of the molecule is CCOC(=O)c1ccc(NC(=O)c2csc(NC(C)C)n2)cc1.